The zero-order valence-electron chi connectivity index (χ0n) is 18.7. The van der Waals surface area contributed by atoms with Crippen LogP contribution in [0, 0.1) is 16.7 Å². The molecular formula is C22H35N3O4S. The highest BCUT2D eigenvalue weighted by atomic mass is 32.1. The third kappa shape index (κ3) is 3.78. The van der Waals surface area contributed by atoms with Crippen molar-refractivity contribution in [2.45, 2.75) is 72.3 Å². The number of rotatable bonds is 6. The van der Waals surface area contributed by atoms with Crippen LogP contribution in [-0.2, 0) is 16.0 Å². The highest BCUT2D eigenvalue weighted by Gasteiger charge is 2.59. The number of fused-ring (bicyclic) bond motifs is 2. The normalized spacial score (nSPS) is 32.8. The van der Waals surface area contributed by atoms with Crippen LogP contribution in [0.3, 0.4) is 0 Å². The molecule has 1 fully saturated rings. The summed E-state index contributed by atoms with van der Waals surface area (Å²) in [6.07, 6.45) is 1.83. The highest BCUT2D eigenvalue weighted by Crippen LogP contribution is 2.62. The number of nitrogens with zero attached hydrogens (tertiary/aromatic N) is 2. The molecule has 30 heavy (non-hydrogen) atoms. The molecule has 1 aromatic rings. The van der Waals surface area contributed by atoms with Gasteiger partial charge in [-0.2, -0.15) is 0 Å². The molecule has 0 unspecified atom stereocenters. The predicted molar refractivity (Wildman–Crippen MR) is 117 cm³/mol. The van der Waals surface area contributed by atoms with Gasteiger partial charge >= 0.3 is 0 Å². The Morgan fingerprint density at radius 1 is 1.30 bits per heavy atom. The van der Waals surface area contributed by atoms with Crippen LogP contribution in [0.5, 0.6) is 0 Å². The van der Waals surface area contributed by atoms with Crippen molar-refractivity contribution in [2.24, 2.45) is 16.7 Å². The third-order valence-electron chi connectivity index (χ3n) is 7.67. The van der Waals surface area contributed by atoms with Crippen molar-refractivity contribution in [1.82, 2.24) is 9.88 Å². The molecule has 2 aliphatic rings. The SMILES string of the molecule is CCN(CC)C(=O)C[C@@H]1c2nc(NC(C)=O)sc2C[C@@H]2[C@](C)(CO)[C@H](O)CC[C@]21C. The van der Waals surface area contributed by atoms with Crippen molar-refractivity contribution in [3.05, 3.63) is 10.6 Å². The van der Waals surface area contributed by atoms with Gasteiger partial charge in [0.15, 0.2) is 5.13 Å². The molecule has 5 atom stereocenters. The van der Waals surface area contributed by atoms with Crippen molar-refractivity contribution >= 4 is 28.3 Å². The Bertz CT molecular complexity index is 808. The molecule has 2 amide bonds. The molecule has 3 N–H and O–H groups in total. The fourth-order valence-corrected chi connectivity index (χ4v) is 6.84. The maximum atomic E-state index is 13.1. The van der Waals surface area contributed by atoms with Crippen molar-refractivity contribution in [2.75, 3.05) is 25.0 Å². The summed E-state index contributed by atoms with van der Waals surface area (Å²) in [4.78, 5) is 32.3. The molecule has 3 rings (SSSR count). The number of carbonyl (C=O) groups is 2. The van der Waals surface area contributed by atoms with E-state index in [1.54, 1.807) is 0 Å². The van der Waals surface area contributed by atoms with Crippen molar-refractivity contribution in [3.63, 3.8) is 0 Å². The summed E-state index contributed by atoms with van der Waals surface area (Å²) in [5.41, 5.74) is -0.00680. The standard InChI is InChI=1S/C22H35N3O4S/c1-6-25(7-2)18(29)10-14-19-15(30-20(24-19)23-13(3)27)11-16-21(14,4)9-8-17(28)22(16,5)12-26/h14,16-17,26,28H,6-12H2,1-5H3,(H,23,24,27)/t14-,16+,17-,21+,22+/m1/s1. The molecule has 0 bridgehead atoms. The Morgan fingerprint density at radius 3 is 2.53 bits per heavy atom. The van der Waals surface area contributed by atoms with Gasteiger partial charge in [-0.3, -0.25) is 9.59 Å². The second kappa shape index (κ2) is 8.55. The first-order valence-electron chi connectivity index (χ1n) is 10.9. The Balaban J connectivity index is 2.08. The first-order valence-corrected chi connectivity index (χ1v) is 11.8. The molecule has 1 saturated carbocycles. The molecule has 0 radical (unpaired) electrons. The quantitative estimate of drug-likeness (QED) is 0.635. The van der Waals surface area contributed by atoms with Gasteiger partial charge in [-0.05, 0) is 44.4 Å². The van der Waals surface area contributed by atoms with E-state index >= 15 is 0 Å². The molecule has 1 heterocycles. The maximum Gasteiger partial charge on any atom is 0.223 e. The van der Waals surface area contributed by atoms with Crippen molar-refractivity contribution in [1.29, 1.82) is 0 Å². The van der Waals surface area contributed by atoms with Gasteiger partial charge in [0.1, 0.15) is 0 Å². The van der Waals surface area contributed by atoms with Crippen LogP contribution in [0.25, 0.3) is 0 Å². The van der Waals surface area contributed by atoms with E-state index in [4.69, 9.17) is 4.98 Å². The van der Waals surface area contributed by atoms with Gasteiger partial charge in [-0.1, -0.05) is 13.8 Å². The molecule has 0 spiro atoms. The first kappa shape index (κ1) is 23.2. The monoisotopic (exact) mass is 437 g/mol. The Hall–Kier alpha value is -1.51. The van der Waals surface area contributed by atoms with Crippen LogP contribution in [0.2, 0.25) is 0 Å². The second-order valence-corrected chi connectivity index (χ2v) is 10.4. The van der Waals surface area contributed by atoms with Crippen LogP contribution in [0.1, 0.15) is 70.4 Å². The molecular weight excluding hydrogens is 402 g/mol. The summed E-state index contributed by atoms with van der Waals surface area (Å²) in [7, 11) is 0. The average Bonchev–Trinajstić information content (AvgIpc) is 3.09. The minimum Gasteiger partial charge on any atom is -0.396 e. The van der Waals surface area contributed by atoms with E-state index in [1.165, 1.54) is 18.3 Å². The Kier molecular flexibility index (Phi) is 6.60. The minimum atomic E-state index is -0.640. The van der Waals surface area contributed by atoms with Crippen LogP contribution in [0.4, 0.5) is 5.13 Å². The van der Waals surface area contributed by atoms with E-state index in [2.05, 4.69) is 12.2 Å². The van der Waals surface area contributed by atoms with Crippen LogP contribution in [-0.4, -0.2) is 57.7 Å². The van der Waals surface area contributed by atoms with Gasteiger partial charge < -0.3 is 20.4 Å². The largest absolute Gasteiger partial charge is 0.396 e. The number of hydrogen-bond donors (Lipinski definition) is 3. The number of amides is 2. The maximum absolute atomic E-state index is 13.1. The molecule has 168 valence electrons. The number of anilines is 1. The zero-order chi connectivity index (χ0) is 22.3. The highest BCUT2D eigenvalue weighted by molar-refractivity contribution is 7.15. The van der Waals surface area contributed by atoms with Gasteiger partial charge in [-0.25, -0.2) is 4.98 Å². The summed E-state index contributed by atoms with van der Waals surface area (Å²) in [6.45, 7) is 10.8. The molecule has 8 heteroatoms. The van der Waals surface area contributed by atoms with Gasteiger partial charge in [0.2, 0.25) is 11.8 Å². The summed E-state index contributed by atoms with van der Waals surface area (Å²) in [5, 5.41) is 24.4. The third-order valence-corrected chi connectivity index (χ3v) is 8.68. The predicted octanol–water partition coefficient (Wildman–Crippen LogP) is 2.78. The van der Waals surface area contributed by atoms with E-state index in [-0.39, 0.29) is 35.7 Å². The van der Waals surface area contributed by atoms with Crippen LogP contribution in [0.15, 0.2) is 0 Å². The lowest BCUT2D eigenvalue weighted by atomic mass is 9.47. The smallest absolute Gasteiger partial charge is 0.223 e. The first-order chi connectivity index (χ1) is 14.1. The van der Waals surface area contributed by atoms with Crippen LogP contribution >= 0.6 is 11.3 Å². The minimum absolute atomic E-state index is 0.0198. The number of carbonyl (C=O) groups excluding carboxylic acids is 2. The van der Waals surface area contributed by atoms with Crippen LogP contribution < -0.4 is 5.32 Å². The Labute approximate surface area is 182 Å². The second-order valence-electron chi connectivity index (χ2n) is 9.31. The summed E-state index contributed by atoms with van der Waals surface area (Å²) in [6, 6.07) is 0. The number of nitrogens with one attached hydrogen (secondary N) is 1. The average molecular weight is 438 g/mol. The number of aliphatic hydroxyl groups excluding tert-OH is 2. The van der Waals surface area contributed by atoms with E-state index < -0.39 is 11.5 Å². The lowest BCUT2D eigenvalue weighted by Gasteiger charge is -2.58. The molecule has 1 aromatic heterocycles. The lowest BCUT2D eigenvalue weighted by molar-refractivity contribution is -0.147. The number of hydrogen-bond acceptors (Lipinski definition) is 6. The molecule has 7 nitrogen and oxygen atoms in total. The van der Waals surface area contributed by atoms with E-state index in [9.17, 15) is 19.8 Å². The number of thiazole rings is 1. The Morgan fingerprint density at radius 2 is 1.97 bits per heavy atom. The summed E-state index contributed by atoms with van der Waals surface area (Å²) < 4.78 is 0. The van der Waals surface area contributed by atoms with E-state index in [0.29, 0.717) is 37.5 Å². The molecule has 2 aliphatic carbocycles. The topological polar surface area (TPSA) is 103 Å². The van der Waals surface area contributed by atoms with E-state index in [0.717, 1.165) is 17.0 Å². The van der Waals surface area contributed by atoms with E-state index in [1.807, 2.05) is 25.7 Å². The fraction of sp³-hybridized carbons (Fsp3) is 0.773. The van der Waals surface area contributed by atoms with Gasteiger partial charge in [-0.15, -0.1) is 11.3 Å². The van der Waals surface area contributed by atoms with Crippen molar-refractivity contribution in [3.8, 4) is 0 Å². The fourth-order valence-electron chi connectivity index (χ4n) is 5.73. The van der Waals surface area contributed by atoms with Gasteiger partial charge in [0, 0.05) is 42.6 Å². The zero-order valence-corrected chi connectivity index (χ0v) is 19.5. The molecule has 0 aliphatic heterocycles. The van der Waals surface area contributed by atoms with Crippen molar-refractivity contribution < 1.29 is 19.8 Å². The molecule has 0 aromatic carbocycles. The number of aromatic nitrogens is 1. The van der Waals surface area contributed by atoms with Gasteiger partial charge in [0.05, 0.1) is 18.4 Å². The summed E-state index contributed by atoms with van der Waals surface area (Å²) in [5.74, 6) is -0.164. The molecule has 0 saturated heterocycles. The lowest BCUT2D eigenvalue weighted by Crippen LogP contribution is -2.57. The summed E-state index contributed by atoms with van der Waals surface area (Å²) >= 11 is 1.45. The number of aliphatic hydroxyl groups is 2. The van der Waals surface area contributed by atoms with Gasteiger partial charge in [0.25, 0.3) is 0 Å².